The number of nitrogens with zero attached hydrogens (tertiary/aromatic N) is 2. The smallest absolute Gasteiger partial charge is 0.324 e. The molecule has 0 unspecified atom stereocenters. The van der Waals surface area contributed by atoms with E-state index in [1.165, 1.54) is 6.07 Å². The van der Waals surface area contributed by atoms with E-state index in [1.54, 1.807) is 12.3 Å². The van der Waals surface area contributed by atoms with Gasteiger partial charge in [0.15, 0.2) is 5.75 Å². The molecule has 0 amide bonds. The van der Waals surface area contributed by atoms with Crippen LogP contribution in [0.5, 0.6) is 11.5 Å². The molecule has 3 aromatic rings. The van der Waals surface area contributed by atoms with Gasteiger partial charge in [-0.3, -0.25) is 15.1 Å². The number of para-hydroxylation sites is 3. The number of aliphatic imine (C=N–C) groups is 1. The second kappa shape index (κ2) is 6.85. The van der Waals surface area contributed by atoms with Crippen molar-refractivity contribution in [3.63, 3.8) is 0 Å². The Morgan fingerprint density at radius 3 is 2.48 bits per heavy atom. The first-order valence-corrected chi connectivity index (χ1v) is 7.64. The molecule has 0 aliphatic rings. The fraction of sp³-hybridized carbons (Fsp3) is 0. The van der Waals surface area contributed by atoms with Crippen molar-refractivity contribution in [2.24, 2.45) is 4.99 Å². The Kier molecular flexibility index (Phi) is 4.44. The molecule has 5 nitrogen and oxygen atoms in total. The van der Waals surface area contributed by atoms with Crippen LogP contribution >= 0.6 is 11.3 Å². The molecule has 0 fully saturated rings. The van der Waals surface area contributed by atoms with Gasteiger partial charge in [0, 0.05) is 12.3 Å². The zero-order chi connectivity index (χ0) is 16.1. The lowest BCUT2D eigenvalue weighted by Gasteiger charge is -2.07. The predicted octanol–water partition coefficient (Wildman–Crippen LogP) is 5.20. The van der Waals surface area contributed by atoms with Crippen molar-refractivity contribution in [3.8, 4) is 11.5 Å². The average Bonchev–Trinajstić information content (AvgIpc) is 3.04. The van der Waals surface area contributed by atoms with Crippen molar-refractivity contribution >= 4 is 28.2 Å². The van der Waals surface area contributed by atoms with Crippen LogP contribution in [0.2, 0.25) is 0 Å². The van der Waals surface area contributed by atoms with E-state index in [-0.39, 0.29) is 5.00 Å². The molecular weight excluding hydrogens is 312 g/mol. The van der Waals surface area contributed by atoms with Crippen molar-refractivity contribution in [2.75, 3.05) is 0 Å². The summed E-state index contributed by atoms with van der Waals surface area (Å²) in [6.45, 7) is 0. The van der Waals surface area contributed by atoms with Gasteiger partial charge in [0.05, 0.1) is 9.80 Å². The fourth-order valence-electron chi connectivity index (χ4n) is 1.91. The summed E-state index contributed by atoms with van der Waals surface area (Å²) in [5.74, 6) is 1.35. The van der Waals surface area contributed by atoms with Gasteiger partial charge in [0.1, 0.15) is 11.4 Å². The quantitative estimate of drug-likeness (QED) is 0.368. The molecule has 0 radical (unpaired) electrons. The molecule has 0 bridgehead atoms. The summed E-state index contributed by atoms with van der Waals surface area (Å²) in [5, 5.41) is 10.8. The van der Waals surface area contributed by atoms with Crippen molar-refractivity contribution in [1.82, 2.24) is 0 Å². The van der Waals surface area contributed by atoms with Crippen LogP contribution in [-0.2, 0) is 0 Å². The van der Waals surface area contributed by atoms with E-state index in [4.69, 9.17) is 4.74 Å². The standard InChI is InChI=1S/C17H12N2O3S/c20-19(21)17-11-10-14(23-17)12-18-15-8-4-5-9-16(15)22-13-6-2-1-3-7-13/h1-12H. The summed E-state index contributed by atoms with van der Waals surface area (Å²) >= 11 is 1.08. The van der Waals surface area contributed by atoms with Crippen LogP contribution in [-0.4, -0.2) is 11.1 Å². The molecule has 114 valence electrons. The van der Waals surface area contributed by atoms with Gasteiger partial charge < -0.3 is 4.74 Å². The minimum atomic E-state index is -0.408. The lowest BCUT2D eigenvalue weighted by Crippen LogP contribution is -1.84. The van der Waals surface area contributed by atoms with Crippen LogP contribution in [0, 0.1) is 10.1 Å². The molecule has 0 N–H and O–H groups in total. The summed E-state index contributed by atoms with van der Waals surface area (Å²) < 4.78 is 5.82. The maximum Gasteiger partial charge on any atom is 0.324 e. The molecule has 0 saturated carbocycles. The molecule has 23 heavy (non-hydrogen) atoms. The minimum Gasteiger partial charge on any atom is -0.455 e. The van der Waals surface area contributed by atoms with Gasteiger partial charge >= 0.3 is 5.00 Å². The van der Waals surface area contributed by atoms with Gasteiger partial charge in [-0.2, -0.15) is 0 Å². The Labute approximate surface area is 136 Å². The van der Waals surface area contributed by atoms with Crippen molar-refractivity contribution in [2.45, 2.75) is 0 Å². The number of hydrogen-bond acceptors (Lipinski definition) is 5. The van der Waals surface area contributed by atoms with E-state index in [2.05, 4.69) is 4.99 Å². The van der Waals surface area contributed by atoms with Crippen LogP contribution in [0.4, 0.5) is 10.7 Å². The summed E-state index contributed by atoms with van der Waals surface area (Å²) in [5.41, 5.74) is 0.660. The maximum atomic E-state index is 10.7. The van der Waals surface area contributed by atoms with Gasteiger partial charge in [0.2, 0.25) is 0 Å². The van der Waals surface area contributed by atoms with Crippen LogP contribution in [0.25, 0.3) is 0 Å². The first-order valence-electron chi connectivity index (χ1n) is 6.82. The van der Waals surface area contributed by atoms with Gasteiger partial charge in [0.25, 0.3) is 0 Å². The van der Waals surface area contributed by atoms with E-state index in [1.807, 2.05) is 54.6 Å². The summed E-state index contributed by atoms with van der Waals surface area (Å²) in [4.78, 5) is 15.4. The average molecular weight is 324 g/mol. The number of nitro groups is 1. The zero-order valence-corrected chi connectivity index (χ0v) is 12.8. The number of rotatable bonds is 5. The number of ether oxygens (including phenoxy) is 1. The fourth-order valence-corrected chi connectivity index (χ4v) is 2.60. The predicted molar refractivity (Wildman–Crippen MR) is 91.2 cm³/mol. The third-order valence-corrected chi connectivity index (χ3v) is 3.93. The highest BCUT2D eigenvalue weighted by molar-refractivity contribution is 7.16. The Balaban J connectivity index is 1.82. The Morgan fingerprint density at radius 2 is 1.74 bits per heavy atom. The maximum absolute atomic E-state index is 10.7. The number of hydrogen-bond donors (Lipinski definition) is 0. The molecule has 2 aromatic carbocycles. The lowest BCUT2D eigenvalue weighted by atomic mass is 10.3. The van der Waals surface area contributed by atoms with Crippen LogP contribution < -0.4 is 4.74 Å². The summed E-state index contributed by atoms with van der Waals surface area (Å²) in [6, 6.07) is 20.0. The van der Waals surface area contributed by atoms with Crippen molar-refractivity contribution in [3.05, 3.63) is 81.7 Å². The van der Waals surface area contributed by atoms with Gasteiger partial charge in [-0.1, -0.05) is 41.7 Å². The largest absolute Gasteiger partial charge is 0.455 e. The third-order valence-electron chi connectivity index (χ3n) is 2.96. The van der Waals surface area contributed by atoms with E-state index < -0.39 is 4.92 Å². The van der Waals surface area contributed by atoms with E-state index in [9.17, 15) is 10.1 Å². The molecule has 3 rings (SSSR count). The molecule has 1 aromatic heterocycles. The highest BCUT2D eigenvalue weighted by Crippen LogP contribution is 2.31. The third kappa shape index (κ3) is 3.81. The van der Waals surface area contributed by atoms with Crippen molar-refractivity contribution < 1.29 is 9.66 Å². The van der Waals surface area contributed by atoms with E-state index in [0.717, 1.165) is 17.1 Å². The molecule has 6 heteroatoms. The number of benzene rings is 2. The molecule has 0 aliphatic heterocycles. The molecular formula is C17H12N2O3S. The SMILES string of the molecule is O=[N+]([O-])c1ccc(C=Nc2ccccc2Oc2ccccc2)s1. The molecule has 1 heterocycles. The highest BCUT2D eigenvalue weighted by Gasteiger charge is 2.08. The molecule has 0 saturated heterocycles. The van der Waals surface area contributed by atoms with Gasteiger partial charge in [-0.25, -0.2) is 0 Å². The first-order chi connectivity index (χ1) is 11.2. The second-order valence-corrected chi connectivity index (χ2v) is 5.67. The normalized spacial score (nSPS) is 10.8. The van der Waals surface area contributed by atoms with Crippen LogP contribution in [0.3, 0.4) is 0 Å². The monoisotopic (exact) mass is 324 g/mol. The topological polar surface area (TPSA) is 64.7 Å². The minimum absolute atomic E-state index is 0.0975. The van der Waals surface area contributed by atoms with Gasteiger partial charge in [-0.15, -0.1) is 0 Å². The second-order valence-electron chi connectivity index (χ2n) is 4.57. The molecule has 0 atom stereocenters. The molecule has 0 aliphatic carbocycles. The Hall–Kier alpha value is -2.99. The van der Waals surface area contributed by atoms with Crippen LogP contribution in [0.1, 0.15) is 4.88 Å². The van der Waals surface area contributed by atoms with E-state index >= 15 is 0 Å². The van der Waals surface area contributed by atoms with Gasteiger partial charge in [-0.05, 0) is 30.3 Å². The van der Waals surface area contributed by atoms with Crippen LogP contribution in [0.15, 0.2) is 71.7 Å². The highest BCUT2D eigenvalue weighted by atomic mass is 32.1. The number of thiophene rings is 1. The Morgan fingerprint density at radius 1 is 1.00 bits per heavy atom. The summed E-state index contributed by atoms with van der Waals surface area (Å²) in [6.07, 6.45) is 1.60. The summed E-state index contributed by atoms with van der Waals surface area (Å²) in [7, 11) is 0. The Bertz CT molecular complexity index is 844. The van der Waals surface area contributed by atoms with Crippen molar-refractivity contribution in [1.29, 1.82) is 0 Å². The lowest BCUT2D eigenvalue weighted by molar-refractivity contribution is -0.380. The first kappa shape index (κ1) is 14.9. The zero-order valence-electron chi connectivity index (χ0n) is 12.0. The molecule has 0 spiro atoms. The van der Waals surface area contributed by atoms with E-state index in [0.29, 0.717) is 16.3 Å².